The highest BCUT2D eigenvalue weighted by atomic mass is 16.5. The number of hydrogen-bond acceptors (Lipinski definition) is 5. The van der Waals surface area contributed by atoms with Gasteiger partial charge in [-0.2, -0.15) is 15.4 Å². The molecule has 1 aromatic carbocycles. The van der Waals surface area contributed by atoms with Crippen molar-refractivity contribution >= 4 is 11.8 Å². The van der Waals surface area contributed by atoms with Crippen molar-refractivity contribution in [3.8, 4) is 5.75 Å². The number of aromatic amines is 1. The van der Waals surface area contributed by atoms with Crippen LogP contribution >= 0.6 is 0 Å². The van der Waals surface area contributed by atoms with E-state index in [1.807, 2.05) is 30.3 Å². The number of hydrogen-bond donors (Lipinski definition) is 1. The number of amides is 2. The molecule has 2 aromatic rings. The molecule has 0 saturated carbocycles. The molecule has 8 nitrogen and oxygen atoms in total. The minimum absolute atomic E-state index is 0.0478. The summed E-state index contributed by atoms with van der Waals surface area (Å²) < 4.78 is 5.58. The van der Waals surface area contributed by atoms with Crippen LogP contribution < -0.4 is 4.74 Å². The van der Waals surface area contributed by atoms with E-state index in [2.05, 4.69) is 15.4 Å². The van der Waals surface area contributed by atoms with Crippen LogP contribution in [-0.4, -0.2) is 69.8 Å². The molecule has 2 heterocycles. The zero-order chi connectivity index (χ0) is 17.5. The van der Waals surface area contributed by atoms with Gasteiger partial charge >= 0.3 is 0 Å². The van der Waals surface area contributed by atoms with Crippen LogP contribution in [0, 0.1) is 0 Å². The molecule has 0 unspecified atom stereocenters. The first-order chi connectivity index (χ1) is 12.2. The predicted molar refractivity (Wildman–Crippen MR) is 90.0 cm³/mol. The van der Waals surface area contributed by atoms with E-state index < -0.39 is 0 Å². The lowest BCUT2D eigenvalue weighted by Gasteiger charge is -2.21. The topological polar surface area (TPSA) is 91.4 Å². The third kappa shape index (κ3) is 4.56. The Balaban J connectivity index is 1.45. The zero-order valence-electron chi connectivity index (χ0n) is 13.9. The number of benzene rings is 1. The van der Waals surface area contributed by atoms with Gasteiger partial charge in [-0.15, -0.1) is 0 Å². The van der Waals surface area contributed by atoms with Gasteiger partial charge in [-0.05, 0) is 18.6 Å². The lowest BCUT2D eigenvalue weighted by Crippen LogP contribution is -2.37. The van der Waals surface area contributed by atoms with E-state index in [4.69, 9.17) is 4.74 Å². The Morgan fingerprint density at radius 2 is 1.84 bits per heavy atom. The van der Waals surface area contributed by atoms with Crippen LogP contribution in [0.2, 0.25) is 0 Å². The fraction of sp³-hybridized carbons (Fsp3) is 0.412. The SMILES string of the molecule is O=C(CCOc1ccccc1)N1CCCN(C(=O)c2cn[nH]n2)CC1. The Kier molecular flexibility index (Phi) is 5.61. The molecule has 0 aliphatic carbocycles. The fourth-order valence-electron chi connectivity index (χ4n) is 2.77. The van der Waals surface area contributed by atoms with E-state index in [9.17, 15) is 9.59 Å². The number of H-pyrrole nitrogens is 1. The van der Waals surface area contributed by atoms with E-state index in [-0.39, 0.29) is 11.8 Å². The molecule has 2 amide bonds. The van der Waals surface area contributed by atoms with Gasteiger partial charge < -0.3 is 14.5 Å². The van der Waals surface area contributed by atoms with E-state index in [0.29, 0.717) is 44.9 Å². The van der Waals surface area contributed by atoms with E-state index >= 15 is 0 Å². The standard InChI is InChI=1S/C17H21N5O3/c23-16(7-12-25-14-5-2-1-3-6-14)21-8-4-9-22(11-10-21)17(24)15-13-18-20-19-15/h1-3,5-6,13H,4,7-12H2,(H,18,19,20). The second kappa shape index (κ2) is 8.27. The van der Waals surface area contributed by atoms with Gasteiger partial charge in [0.15, 0.2) is 5.69 Å². The van der Waals surface area contributed by atoms with Crippen LogP contribution in [0.3, 0.4) is 0 Å². The number of carbonyl (C=O) groups excluding carboxylic acids is 2. The maximum Gasteiger partial charge on any atom is 0.276 e. The smallest absolute Gasteiger partial charge is 0.276 e. The molecule has 3 rings (SSSR count). The van der Waals surface area contributed by atoms with Crippen LogP contribution in [0.25, 0.3) is 0 Å². The van der Waals surface area contributed by atoms with Gasteiger partial charge in [0.05, 0.1) is 19.2 Å². The zero-order valence-corrected chi connectivity index (χ0v) is 13.9. The van der Waals surface area contributed by atoms with Crippen LogP contribution in [-0.2, 0) is 4.79 Å². The molecular weight excluding hydrogens is 322 g/mol. The molecule has 0 atom stereocenters. The number of ether oxygens (including phenoxy) is 1. The van der Waals surface area contributed by atoms with Crippen molar-refractivity contribution in [2.45, 2.75) is 12.8 Å². The third-order valence-corrected chi connectivity index (χ3v) is 4.10. The quantitative estimate of drug-likeness (QED) is 0.873. The molecule has 1 saturated heterocycles. The maximum absolute atomic E-state index is 12.4. The number of para-hydroxylation sites is 1. The number of nitrogens with zero attached hydrogens (tertiary/aromatic N) is 4. The molecule has 0 radical (unpaired) electrons. The summed E-state index contributed by atoms with van der Waals surface area (Å²) >= 11 is 0. The van der Waals surface area contributed by atoms with Crippen molar-refractivity contribution in [3.63, 3.8) is 0 Å². The van der Waals surface area contributed by atoms with Crippen molar-refractivity contribution in [1.29, 1.82) is 0 Å². The third-order valence-electron chi connectivity index (χ3n) is 4.10. The number of nitrogens with one attached hydrogen (secondary N) is 1. The summed E-state index contributed by atoms with van der Waals surface area (Å²) in [6, 6.07) is 9.44. The number of aromatic nitrogens is 3. The largest absolute Gasteiger partial charge is 0.493 e. The van der Waals surface area contributed by atoms with Crippen LogP contribution in [0.4, 0.5) is 0 Å². The van der Waals surface area contributed by atoms with Gasteiger partial charge in [-0.3, -0.25) is 9.59 Å². The number of rotatable bonds is 5. The van der Waals surface area contributed by atoms with Crippen molar-refractivity contribution in [3.05, 3.63) is 42.2 Å². The summed E-state index contributed by atoms with van der Waals surface area (Å²) in [5.74, 6) is 0.651. The summed E-state index contributed by atoms with van der Waals surface area (Å²) in [5, 5.41) is 9.93. The molecule has 8 heteroatoms. The highest BCUT2D eigenvalue weighted by Crippen LogP contribution is 2.11. The van der Waals surface area contributed by atoms with Gasteiger partial charge in [-0.25, -0.2) is 0 Å². The van der Waals surface area contributed by atoms with Gasteiger partial charge in [0, 0.05) is 26.2 Å². The minimum atomic E-state index is -0.157. The minimum Gasteiger partial charge on any atom is -0.493 e. The summed E-state index contributed by atoms with van der Waals surface area (Å²) in [6.07, 6.45) is 2.48. The Bertz CT molecular complexity index is 690. The molecule has 0 spiro atoms. The second-order valence-corrected chi connectivity index (χ2v) is 5.79. The van der Waals surface area contributed by atoms with Gasteiger partial charge in [0.25, 0.3) is 5.91 Å². The Hall–Kier alpha value is -2.90. The van der Waals surface area contributed by atoms with Crippen molar-refractivity contribution in [1.82, 2.24) is 25.2 Å². The first-order valence-electron chi connectivity index (χ1n) is 8.35. The highest BCUT2D eigenvalue weighted by Gasteiger charge is 2.23. The second-order valence-electron chi connectivity index (χ2n) is 5.79. The summed E-state index contributed by atoms with van der Waals surface area (Å²) in [7, 11) is 0. The first kappa shape index (κ1) is 16.9. The monoisotopic (exact) mass is 343 g/mol. The summed E-state index contributed by atoms with van der Waals surface area (Å²) in [4.78, 5) is 28.2. The van der Waals surface area contributed by atoms with Crippen LogP contribution in [0.1, 0.15) is 23.3 Å². The van der Waals surface area contributed by atoms with Crippen molar-refractivity contribution < 1.29 is 14.3 Å². The highest BCUT2D eigenvalue weighted by molar-refractivity contribution is 5.92. The van der Waals surface area contributed by atoms with Gasteiger partial charge in [-0.1, -0.05) is 18.2 Å². The lowest BCUT2D eigenvalue weighted by molar-refractivity contribution is -0.131. The van der Waals surface area contributed by atoms with E-state index in [0.717, 1.165) is 12.2 Å². The summed E-state index contributed by atoms with van der Waals surface area (Å²) in [5.41, 5.74) is 0.302. The molecule has 1 aromatic heterocycles. The average Bonchev–Trinajstić information content (AvgIpc) is 3.06. The average molecular weight is 343 g/mol. The van der Waals surface area contributed by atoms with E-state index in [1.54, 1.807) is 9.80 Å². The molecule has 132 valence electrons. The lowest BCUT2D eigenvalue weighted by atomic mass is 10.3. The van der Waals surface area contributed by atoms with Gasteiger partial charge in [0.1, 0.15) is 5.75 Å². The summed E-state index contributed by atoms with van der Waals surface area (Å²) in [6.45, 7) is 2.62. The Morgan fingerprint density at radius 3 is 2.60 bits per heavy atom. The van der Waals surface area contributed by atoms with Crippen molar-refractivity contribution in [2.24, 2.45) is 0 Å². The molecule has 0 bridgehead atoms. The Labute approximate surface area is 145 Å². The molecule has 1 aliphatic heterocycles. The van der Waals surface area contributed by atoms with Crippen molar-refractivity contribution in [2.75, 3.05) is 32.8 Å². The fourth-order valence-corrected chi connectivity index (χ4v) is 2.77. The van der Waals surface area contributed by atoms with Crippen LogP contribution in [0.5, 0.6) is 5.75 Å². The molecule has 25 heavy (non-hydrogen) atoms. The number of carbonyl (C=O) groups is 2. The predicted octanol–water partition coefficient (Wildman–Crippen LogP) is 0.948. The Morgan fingerprint density at radius 1 is 1.08 bits per heavy atom. The molecule has 1 aliphatic rings. The molecule has 1 N–H and O–H groups in total. The molecular formula is C17H21N5O3. The first-order valence-corrected chi connectivity index (χ1v) is 8.35. The van der Waals surface area contributed by atoms with Crippen LogP contribution in [0.15, 0.2) is 36.5 Å². The molecule has 1 fully saturated rings. The van der Waals surface area contributed by atoms with E-state index in [1.165, 1.54) is 6.20 Å². The normalized spacial score (nSPS) is 14.9. The van der Waals surface area contributed by atoms with Gasteiger partial charge in [0.2, 0.25) is 5.91 Å². The maximum atomic E-state index is 12.4.